The Balaban J connectivity index is 0.000000364. The molecule has 2 rings (SSSR count). The van der Waals surface area contributed by atoms with Gasteiger partial charge in [-0.25, -0.2) is 9.97 Å². The van der Waals surface area contributed by atoms with Crippen LogP contribution in [-0.2, 0) is 11.0 Å². The van der Waals surface area contributed by atoms with Crippen LogP contribution in [-0.4, -0.2) is 19.5 Å². The second kappa shape index (κ2) is 6.92. The number of nitrogens with zero attached hydrogens (tertiary/aromatic N) is 3. The van der Waals surface area contributed by atoms with Gasteiger partial charge in [0.1, 0.15) is 5.82 Å². The van der Waals surface area contributed by atoms with Crippen molar-refractivity contribution in [3.63, 3.8) is 0 Å². The Kier molecular flexibility index (Phi) is 6.40. The van der Waals surface area contributed by atoms with Crippen molar-refractivity contribution in [2.24, 2.45) is 0 Å². The topological polar surface area (TPSA) is 46.5 Å². The molecule has 120 valence electrons. The minimum Gasteiger partial charge on any atom is -0.348 e. The Bertz CT molecular complexity index is 485. The number of hydrogen-bond donors (Lipinski definition) is 1. The summed E-state index contributed by atoms with van der Waals surface area (Å²) in [6.45, 7) is 17.1. The predicted octanol–water partition coefficient (Wildman–Crippen LogP) is 4.60. The highest BCUT2D eigenvalue weighted by molar-refractivity contribution is 5.17. The first kappa shape index (κ1) is 19.4. The lowest BCUT2D eigenvalue weighted by Gasteiger charge is -2.21. The van der Waals surface area contributed by atoms with E-state index in [1.54, 1.807) is 6.33 Å². The number of rotatable bonds is 0. The van der Waals surface area contributed by atoms with Crippen LogP contribution in [0.4, 0.5) is 0 Å². The largest absolute Gasteiger partial charge is 0.348 e. The van der Waals surface area contributed by atoms with E-state index in [2.05, 4.69) is 61.1 Å². The van der Waals surface area contributed by atoms with E-state index in [-0.39, 0.29) is 18.4 Å². The molecule has 0 aromatic carbocycles. The monoisotopic (exact) mass is 292 g/mol. The summed E-state index contributed by atoms with van der Waals surface area (Å²) >= 11 is 0. The highest BCUT2D eigenvalue weighted by atomic mass is 15.1. The van der Waals surface area contributed by atoms with E-state index in [0.29, 0.717) is 0 Å². The average molecular weight is 292 g/mol. The summed E-state index contributed by atoms with van der Waals surface area (Å²) in [4.78, 5) is 11.4. The molecule has 0 bridgehead atoms. The number of nitrogens with one attached hydrogen (secondary N) is 1. The first-order valence-corrected chi connectivity index (χ1v) is 7.04. The van der Waals surface area contributed by atoms with E-state index in [1.165, 1.54) is 5.69 Å². The normalized spacial score (nSPS) is 11.4. The van der Waals surface area contributed by atoms with Gasteiger partial charge in [0, 0.05) is 29.0 Å². The lowest BCUT2D eigenvalue weighted by molar-refractivity contribution is 0.388. The van der Waals surface area contributed by atoms with Gasteiger partial charge >= 0.3 is 0 Å². The van der Waals surface area contributed by atoms with Crippen LogP contribution >= 0.6 is 0 Å². The Morgan fingerprint density at radius 2 is 1.57 bits per heavy atom. The van der Waals surface area contributed by atoms with Crippen LogP contribution in [0.2, 0.25) is 0 Å². The van der Waals surface area contributed by atoms with E-state index in [1.807, 2.05) is 26.2 Å². The molecule has 4 nitrogen and oxygen atoms in total. The SMILES string of the molecule is C.Cc1[nH]cnc1C(C)(C)C.Cc1nccn1C(C)(C)C. The maximum Gasteiger partial charge on any atom is 0.105 e. The number of aromatic amines is 1. The third kappa shape index (κ3) is 5.37. The summed E-state index contributed by atoms with van der Waals surface area (Å²) in [7, 11) is 0. The smallest absolute Gasteiger partial charge is 0.105 e. The van der Waals surface area contributed by atoms with Crippen LogP contribution in [0, 0.1) is 13.8 Å². The van der Waals surface area contributed by atoms with Crippen LogP contribution in [0.25, 0.3) is 0 Å². The van der Waals surface area contributed by atoms with Gasteiger partial charge < -0.3 is 9.55 Å². The summed E-state index contributed by atoms with van der Waals surface area (Å²) in [6.07, 6.45) is 5.59. The molecule has 0 saturated heterocycles. The molecule has 1 N–H and O–H groups in total. The van der Waals surface area contributed by atoms with Gasteiger partial charge in [-0.1, -0.05) is 28.2 Å². The maximum atomic E-state index is 4.23. The predicted molar refractivity (Wildman–Crippen MR) is 90.7 cm³/mol. The quantitative estimate of drug-likeness (QED) is 0.771. The van der Waals surface area contributed by atoms with Crippen molar-refractivity contribution in [1.82, 2.24) is 19.5 Å². The Morgan fingerprint density at radius 3 is 1.76 bits per heavy atom. The van der Waals surface area contributed by atoms with Crippen LogP contribution in [0.15, 0.2) is 18.7 Å². The number of imidazole rings is 2. The molecule has 21 heavy (non-hydrogen) atoms. The van der Waals surface area contributed by atoms with Gasteiger partial charge in [-0.2, -0.15) is 0 Å². The molecule has 0 radical (unpaired) electrons. The lowest BCUT2D eigenvalue weighted by atomic mass is 9.91. The van der Waals surface area contributed by atoms with Gasteiger partial charge in [-0.3, -0.25) is 0 Å². The first-order valence-electron chi connectivity index (χ1n) is 7.04. The summed E-state index contributed by atoms with van der Waals surface area (Å²) in [5.41, 5.74) is 2.67. The average Bonchev–Trinajstić information content (AvgIpc) is 2.85. The molecule has 0 atom stereocenters. The van der Waals surface area contributed by atoms with Crippen molar-refractivity contribution in [1.29, 1.82) is 0 Å². The van der Waals surface area contributed by atoms with Crippen molar-refractivity contribution < 1.29 is 0 Å². The van der Waals surface area contributed by atoms with E-state index >= 15 is 0 Å². The number of hydrogen-bond acceptors (Lipinski definition) is 2. The van der Waals surface area contributed by atoms with Crippen molar-refractivity contribution >= 4 is 0 Å². The van der Waals surface area contributed by atoms with Crippen LogP contribution < -0.4 is 0 Å². The minimum absolute atomic E-state index is 0. The Labute approximate surface area is 130 Å². The zero-order chi connectivity index (χ0) is 15.6. The minimum atomic E-state index is 0. The molecule has 0 fully saturated rings. The summed E-state index contributed by atoms with van der Waals surface area (Å²) in [5.74, 6) is 1.08. The molecule has 0 aliphatic rings. The number of aryl methyl sites for hydroxylation is 2. The maximum absolute atomic E-state index is 4.23. The fraction of sp³-hybridized carbons (Fsp3) is 0.647. The third-order valence-electron chi connectivity index (χ3n) is 3.09. The molecule has 2 heterocycles. The molecule has 0 spiro atoms. The number of H-pyrrole nitrogens is 1. The van der Waals surface area contributed by atoms with Gasteiger partial charge in [0.25, 0.3) is 0 Å². The Hall–Kier alpha value is -1.58. The number of aromatic nitrogens is 4. The molecule has 2 aromatic heterocycles. The van der Waals surface area contributed by atoms with Gasteiger partial charge in [0.05, 0.1) is 12.0 Å². The standard InChI is InChI=1S/2C8H14N2.CH4/c1-7-9-5-6-10(7)8(2,3)4;1-6-7(8(2,3)4)10-5-9-6;/h5-6H,1-4H3;5H,1-4H3,(H,9,10);1H4. The molecule has 0 saturated carbocycles. The van der Waals surface area contributed by atoms with Crippen LogP contribution in [0.5, 0.6) is 0 Å². The molecule has 0 unspecified atom stereocenters. The molecule has 0 amide bonds. The van der Waals surface area contributed by atoms with E-state index in [9.17, 15) is 0 Å². The molecule has 2 aromatic rings. The van der Waals surface area contributed by atoms with Crippen molar-refractivity contribution in [3.8, 4) is 0 Å². The van der Waals surface area contributed by atoms with Crippen molar-refractivity contribution in [3.05, 3.63) is 35.9 Å². The van der Waals surface area contributed by atoms with E-state index in [0.717, 1.165) is 11.5 Å². The Morgan fingerprint density at radius 1 is 1.00 bits per heavy atom. The third-order valence-corrected chi connectivity index (χ3v) is 3.09. The van der Waals surface area contributed by atoms with Crippen molar-refractivity contribution in [2.75, 3.05) is 0 Å². The molecular weight excluding hydrogens is 260 g/mol. The van der Waals surface area contributed by atoms with Gasteiger partial charge in [-0.15, -0.1) is 0 Å². The zero-order valence-corrected chi connectivity index (χ0v) is 14.1. The van der Waals surface area contributed by atoms with Gasteiger partial charge in [-0.05, 0) is 34.6 Å². The van der Waals surface area contributed by atoms with E-state index < -0.39 is 0 Å². The second-order valence-electron chi connectivity index (χ2n) is 7.14. The highest BCUT2D eigenvalue weighted by Gasteiger charge is 2.17. The summed E-state index contributed by atoms with van der Waals surface area (Å²) < 4.78 is 2.16. The molecule has 0 aliphatic carbocycles. The zero-order valence-electron chi connectivity index (χ0n) is 14.1. The lowest BCUT2D eigenvalue weighted by Crippen LogP contribution is -2.21. The van der Waals surface area contributed by atoms with E-state index in [4.69, 9.17) is 0 Å². The highest BCUT2D eigenvalue weighted by Crippen LogP contribution is 2.21. The molecular formula is C17H32N4. The fourth-order valence-electron chi connectivity index (χ4n) is 2.20. The van der Waals surface area contributed by atoms with Crippen LogP contribution in [0.3, 0.4) is 0 Å². The summed E-state index contributed by atoms with van der Waals surface area (Å²) in [6, 6.07) is 0. The van der Waals surface area contributed by atoms with Crippen molar-refractivity contribution in [2.45, 2.75) is 73.8 Å². The summed E-state index contributed by atoms with van der Waals surface area (Å²) in [5, 5.41) is 0. The molecule has 4 heteroatoms. The van der Waals surface area contributed by atoms with Crippen LogP contribution in [0.1, 0.15) is 66.2 Å². The fourth-order valence-corrected chi connectivity index (χ4v) is 2.20. The molecule has 0 aliphatic heterocycles. The van der Waals surface area contributed by atoms with Gasteiger partial charge in [0.15, 0.2) is 0 Å². The second-order valence-corrected chi connectivity index (χ2v) is 7.14. The first-order chi connectivity index (χ1) is 9.03. The van der Waals surface area contributed by atoms with Gasteiger partial charge in [0.2, 0.25) is 0 Å².